The average Bonchev–Trinajstić information content (AvgIpc) is 3.34. The van der Waals surface area contributed by atoms with E-state index in [0.717, 1.165) is 16.1 Å². The van der Waals surface area contributed by atoms with Gasteiger partial charge in [0.15, 0.2) is 0 Å². The number of aryl methyl sites for hydroxylation is 1. The van der Waals surface area contributed by atoms with Gasteiger partial charge in [-0.1, -0.05) is 35.6 Å². The summed E-state index contributed by atoms with van der Waals surface area (Å²) in [6.45, 7) is 4.95. The number of hydrogen-bond donors (Lipinski definition) is 1. The third-order valence-electron chi connectivity index (χ3n) is 6.28. The minimum absolute atomic E-state index is 0.198. The van der Waals surface area contributed by atoms with Gasteiger partial charge in [-0.05, 0) is 36.8 Å². The van der Waals surface area contributed by atoms with E-state index in [9.17, 15) is 14.4 Å². The molecule has 0 atom stereocenters. The highest BCUT2D eigenvalue weighted by atomic mass is 32.1. The number of hydrogen-bond acceptors (Lipinski definition) is 8. The van der Waals surface area contributed by atoms with Gasteiger partial charge in [0.1, 0.15) is 5.01 Å². The standard InChI is InChI=1S/C26H26N6O4S/c1-17-5-3-4-6-21(17)23-29-32-22(33)15-20(28-26(32)37-23)16-30-11-13-31(14-12-30)25(35)27-19-9-7-18(8-10-19)24(34)36-2/h3-10,15H,11-14,16H2,1-2H3,(H,27,35). The molecule has 1 aliphatic heterocycles. The van der Waals surface area contributed by atoms with Crippen LogP contribution in [0.4, 0.5) is 10.5 Å². The van der Waals surface area contributed by atoms with Crippen molar-refractivity contribution in [2.45, 2.75) is 13.5 Å². The molecule has 1 aliphatic rings. The number of rotatable bonds is 5. The highest BCUT2D eigenvalue weighted by Crippen LogP contribution is 2.27. The van der Waals surface area contributed by atoms with Crippen LogP contribution in [0.5, 0.6) is 0 Å². The Morgan fingerprint density at radius 1 is 1.05 bits per heavy atom. The summed E-state index contributed by atoms with van der Waals surface area (Å²) in [7, 11) is 1.33. The smallest absolute Gasteiger partial charge is 0.337 e. The molecular formula is C26H26N6O4S. The number of aromatic nitrogens is 3. The molecule has 0 saturated carbocycles. The summed E-state index contributed by atoms with van der Waals surface area (Å²) in [4.78, 5) is 46.2. The van der Waals surface area contributed by atoms with Crippen molar-refractivity contribution in [1.29, 1.82) is 0 Å². The van der Waals surface area contributed by atoms with Crippen molar-refractivity contribution < 1.29 is 14.3 Å². The first-order chi connectivity index (χ1) is 17.9. The topological polar surface area (TPSA) is 109 Å². The fourth-order valence-electron chi connectivity index (χ4n) is 4.21. The molecule has 1 saturated heterocycles. The number of anilines is 1. The second kappa shape index (κ2) is 10.5. The Morgan fingerprint density at radius 3 is 2.49 bits per heavy atom. The molecule has 37 heavy (non-hydrogen) atoms. The van der Waals surface area contributed by atoms with Crippen molar-refractivity contribution in [3.63, 3.8) is 0 Å². The highest BCUT2D eigenvalue weighted by Gasteiger charge is 2.22. The number of amides is 2. The van der Waals surface area contributed by atoms with Gasteiger partial charge in [-0.3, -0.25) is 9.69 Å². The van der Waals surface area contributed by atoms with Gasteiger partial charge in [-0.25, -0.2) is 14.6 Å². The third-order valence-corrected chi connectivity index (χ3v) is 7.22. The van der Waals surface area contributed by atoms with Crippen LogP contribution in [-0.2, 0) is 11.3 Å². The quantitative estimate of drug-likeness (QED) is 0.404. The van der Waals surface area contributed by atoms with E-state index in [0.29, 0.717) is 54.6 Å². The maximum absolute atomic E-state index is 12.7. The minimum Gasteiger partial charge on any atom is -0.465 e. The predicted molar refractivity (Wildman–Crippen MR) is 141 cm³/mol. The number of methoxy groups -OCH3 is 1. The molecule has 1 N–H and O–H groups in total. The number of ether oxygens (including phenoxy) is 1. The van der Waals surface area contributed by atoms with Gasteiger partial charge in [-0.15, -0.1) is 0 Å². The lowest BCUT2D eigenvalue weighted by Gasteiger charge is -2.34. The molecule has 2 aromatic heterocycles. The first-order valence-electron chi connectivity index (χ1n) is 11.8. The average molecular weight is 519 g/mol. The molecule has 2 amide bonds. The Hall–Kier alpha value is -4.09. The van der Waals surface area contributed by atoms with Gasteiger partial charge in [0.05, 0.1) is 18.4 Å². The van der Waals surface area contributed by atoms with Crippen molar-refractivity contribution in [1.82, 2.24) is 24.4 Å². The Labute approximate surface area is 217 Å². The molecule has 2 aromatic carbocycles. The SMILES string of the molecule is COC(=O)c1ccc(NC(=O)N2CCN(Cc3cc(=O)n4nc(-c5ccccc5C)sc4n3)CC2)cc1. The van der Waals surface area contributed by atoms with E-state index in [1.54, 1.807) is 29.2 Å². The number of nitrogens with one attached hydrogen (secondary N) is 1. The molecule has 3 heterocycles. The molecule has 0 aliphatic carbocycles. The molecule has 10 nitrogen and oxygen atoms in total. The lowest BCUT2D eigenvalue weighted by molar-refractivity contribution is 0.0600. The van der Waals surface area contributed by atoms with Gasteiger partial charge in [0.2, 0.25) is 4.96 Å². The number of benzene rings is 2. The summed E-state index contributed by atoms with van der Waals surface area (Å²) in [5.41, 5.74) is 3.60. The van der Waals surface area contributed by atoms with Gasteiger partial charge < -0.3 is 15.0 Å². The van der Waals surface area contributed by atoms with E-state index in [2.05, 4.69) is 15.3 Å². The molecule has 4 aromatic rings. The maximum atomic E-state index is 12.7. The number of carbonyl (C=O) groups excluding carboxylic acids is 2. The molecule has 0 radical (unpaired) electrons. The second-order valence-corrected chi connectivity index (χ2v) is 9.72. The van der Waals surface area contributed by atoms with E-state index < -0.39 is 5.97 Å². The Morgan fingerprint density at radius 2 is 1.78 bits per heavy atom. The lowest BCUT2D eigenvalue weighted by atomic mass is 10.1. The Kier molecular flexibility index (Phi) is 6.97. The first kappa shape index (κ1) is 24.6. The molecule has 1 fully saturated rings. The van der Waals surface area contributed by atoms with Gasteiger partial charge in [0.25, 0.3) is 5.56 Å². The van der Waals surface area contributed by atoms with Crippen LogP contribution >= 0.6 is 11.3 Å². The monoisotopic (exact) mass is 518 g/mol. The van der Waals surface area contributed by atoms with Crippen LogP contribution in [-0.4, -0.2) is 69.7 Å². The van der Waals surface area contributed by atoms with Crippen LogP contribution in [0.1, 0.15) is 21.6 Å². The molecule has 11 heteroatoms. The minimum atomic E-state index is -0.424. The van der Waals surface area contributed by atoms with Crippen molar-refractivity contribution in [3.8, 4) is 10.6 Å². The normalized spacial score (nSPS) is 14.1. The fraction of sp³-hybridized carbons (Fsp3) is 0.269. The molecule has 0 unspecified atom stereocenters. The summed E-state index contributed by atoms with van der Waals surface area (Å²) >= 11 is 1.40. The molecular weight excluding hydrogens is 492 g/mol. The van der Waals surface area contributed by atoms with Crippen molar-refractivity contribution in [2.75, 3.05) is 38.6 Å². The van der Waals surface area contributed by atoms with Crippen molar-refractivity contribution in [3.05, 3.63) is 81.8 Å². The summed E-state index contributed by atoms with van der Waals surface area (Å²) in [5, 5.41) is 8.11. The highest BCUT2D eigenvalue weighted by molar-refractivity contribution is 7.19. The van der Waals surface area contributed by atoms with Gasteiger partial charge in [-0.2, -0.15) is 9.61 Å². The van der Waals surface area contributed by atoms with E-state index in [1.165, 1.54) is 29.0 Å². The third kappa shape index (κ3) is 5.37. The van der Waals surface area contributed by atoms with Crippen LogP contribution < -0.4 is 10.9 Å². The Bertz CT molecular complexity index is 1510. The zero-order valence-electron chi connectivity index (χ0n) is 20.5. The molecule has 5 rings (SSSR count). The zero-order valence-corrected chi connectivity index (χ0v) is 21.3. The van der Waals surface area contributed by atoms with Crippen LogP contribution in [0.25, 0.3) is 15.5 Å². The molecule has 190 valence electrons. The summed E-state index contributed by atoms with van der Waals surface area (Å²) in [6.07, 6.45) is 0. The van der Waals surface area contributed by atoms with Gasteiger partial charge in [0, 0.05) is 50.0 Å². The van der Waals surface area contributed by atoms with Crippen LogP contribution in [0.15, 0.2) is 59.4 Å². The lowest BCUT2D eigenvalue weighted by Crippen LogP contribution is -2.49. The van der Waals surface area contributed by atoms with E-state index in [-0.39, 0.29) is 11.6 Å². The number of esters is 1. The summed E-state index contributed by atoms with van der Waals surface area (Å²) < 4.78 is 6.05. The zero-order chi connectivity index (χ0) is 25.9. The predicted octanol–water partition coefficient (Wildman–Crippen LogP) is 3.26. The summed E-state index contributed by atoms with van der Waals surface area (Å²) in [6, 6.07) is 15.8. The van der Waals surface area contributed by atoms with Crippen LogP contribution in [0.3, 0.4) is 0 Å². The van der Waals surface area contributed by atoms with Crippen LogP contribution in [0, 0.1) is 6.92 Å². The number of nitrogens with zero attached hydrogens (tertiary/aromatic N) is 5. The molecule has 0 bridgehead atoms. The number of fused-ring (bicyclic) bond motifs is 1. The number of piperazine rings is 1. The number of carbonyl (C=O) groups is 2. The first-order valence-corrected chi connectivity index (χ1v) is 12.7. The van der Waals surface area contributed by atoms with E-state index >= 15 is 0 Å². The van der Waals surface area contributed by atoms with Crippen molar-refractivity contribution in [2.24, 2.45) is 0 Å². The van der Waals surface area contributed by atoms with Crippen molar-refractivity contribution >= 4 is 34.0 Å². The Balaban J connectivity index is 1.20. The summed E-state index contributed by atoms with van der Waals surface area (Å²) in [5.74, 6) is -0.424. The maximum Gasteiger partial charge on any atom is 0.337 e. The van der Waals surface area contributed by atoms with Gasteiger partial charge >= 0.3 is 12.0 Å². The molecule has 0 spiro atoms. The van der Waals surface area contributed by atoms with E-state index in [4.69, 9.17) is 9.72 Å². The largest absolute Gasteiger partial charge is 0.465 e. The van der Waals surface area contributed by atoms with E-state index in [1.807, 2.05) is 31.2 Å². The fourth-order valence-corrected chi connectivity index (χ4v) is 5.22. The number of urea groups is 1. The van der Waals surface area contributed by atoms with Crippen LogP contribution in [0.2, 0.25) is 0 Å². The second-order valence-electron chi connectivity index (χ2n) is 8.76.